The number of rotatable bonds is 4. The Balaban J connectivity index is 1.45. The van der Waals surface area contributed by atoms with Gasteiger partial charge in [0, 0.05) is 23.1 Å². The van der Waals surface area contributed by atoms with E-state index in [9.17, 15) is 14.0 Å². The number of benzene rings is 3. The Morgan fingerprint density at radius 1 is 0.871 bits per heavy atom. The molecule has 2 heterocycles. The minimum absolute atomic E-state index is 0.125. The van der Waals surface area contributed by atoms with Crippen LogP contribution in [0.2, 0.25) is 0 Å². The average Bonchev–Trinajstić information content (AvgIpc) is 3.35. The number of hydrogen-bond donors (Lipinski definition) is 1. The van der Waals surface area contributed by atoms with E-state index in [0.717, 1.165) is 27.1 Å². The Hall–Kier alpha value is -4.19. The minimum atomic E-state index is -0.566. The van der Waals surface area contributed by atoms with Gasteiger partial charge in [-0.1, -0.05) is 48.5 Å². The van der Waals surface area contributed by atoms with E-state index in [0.29, 0.717) is 0 Å². The molecule has 152 valence electrons. The second kappa shape index (κ2) is 7.57. The number of amides is 3. The lowest BCUT2D eigenvalue weighted by molar-refractivity contribution is -0.123. The van der Waals surface area contributed by atoms with Gasteiger partial charge in [-0.25, -0.2) is 9.18 Å². The highest BCUT2D eigenvalue weighted by atomic mass is 19.1. The van der Waals surface area contributed by atoms with Crippen LogP contribution < -0.4 is 5.32 Å². The standard InChI is InChI=1S/C25H18FN3O2/c26-22-10-4-3-8-19(22)16-29-24(30)23(27-25(29)31)15-20-9-5-13-28(20)21-12-11-17-6-1-2-7-18(17)14-21/h1-15H,16H2,(H,27,31)/b23-15-. The first-order valence-corrected chi connectivity index (χ1v) is 9.85. The zero-order valence-electron chi connectivity index (χ0n) is 16.5. The van der Waals surface area contributed by atoms with Crippen molar-refractivity contribution in [1.29, 1.82) is 0 Å². The Kier molecular flexibility index (Phi) is 4.59. The number of hydrogen-bond acceptors (Lipinski definition) is 2. The van der Waals surface area contributed by atoms with Crippen LogP contribution in [0.4, 0.5) is 9.18 Å². The lowest BCUT2D eigenvalue weighted by Gasteiger charge is -2.12. The van der Waals surface area contributed by atoms with Crippen LogP contribution in [0.25, 0.3) is 22.5 Å². The van der Waals surface area contributed by atoms with Gasteiger partial charge in [-0.05, 0) is 47.2 Å². The maximum atomic E-state index is 14.0. The highest BCUT2D eigenvalue weighted by Crippen LogP contribution is 2.23. The van der Waals surface area contributed by atoms with Gasteiger partial charge >= 0.3 is 6.03 Å². The molecule has 1 fully saturated rings. The molecule has 0 atom stereocenters. The van der Waals surface area contributed by atoms with E-state index in [2.05, 4.69) is 17.4 Å². The number of halogens is 1. The number of nitrogens with zero attached hydrogens (tertiary/aromatic N) is 2. The van der Waals surface area contributed by atoms with Crippen LogP contribution in [0.15, 0.2) is 90.8 Å². The normalized spacial score (nSPS) is 15.1. The topological polar surface area (TPSA) is 54.3 Å². The van der Waals surface area contributed by atoms with Gasteiger partial charge in [0.25, 0.3) is 5.91 Å². The first kappa shape index (κ1) is 18.8. The van der Waals surface area contributed by atoms with E-state index in [1.165, 1.54) is 6.07 Å². The third kappa shape index (κ3) is 3.48. The van der Waals surface area contributed by atoms with Crippen molar-refractivity contribution >= 4 is 28.8 Å². The molecule has 3 amide bonds. The Morgan fingerprint density at radius 2 is 1.65 bits per heavy atom. The van der Waals surface area contributed by atoms with E-state index in [1.54, 1.807) is 24.3 Å². The molecular weight excluding hydrogens is 393 g/mol. The van der Waals surface area contributed by atoms with Crippen molar-refractivity contribution in [1.82, 2.24) is 14.8 Å². The van der Waals surface area contributed by atoms with Crippen LogP contribution in [0.5, 0.6) is 0 Å². The maximum Gasteiger partial charge on any atom is 0.329 e. The van der Waals surface area contributed by atoms with Crippen LogP contribution in [-0.2, 0) is 11.3 Å². The summed E-state index contributed by atoms with van der Waals surface area (Å²) < 4.78 is 15.9. The highest BCUT2D eigenvalue weighted by molar-refractivity contribution is 6.13. The van der Waals surface area contributed by atoms with E-state index >= 15 is 0 Å². The number of carbonyl (C=O) groups is 2. The molecule has 0 aliphatic carbocycles. The molecule has 0 unspecified atom stereocenters. The molecule has 0 radical (unpaired) electrons. The summed E-state index contributed by atoms with van der Waals surface area (Å²) in [6.45, 7) is -0.125. The van der Waals surface area contributed by atoms with Gasteiger partial charge < -0.3 is 9.88 Å². The van der Waals surface area contributed by atoms with Crippen molar-refractivity contribution in [2.24, 2.45) is 0 Å². The van der Waals surface area contributed by atoms with Crippen molar-refractivity contribution in [2.45, 2.75) is 6.54 Å². The molecule has 5 rings (SSSR count). The van der Waals surface area contributed by atoms with Crippen molar-refractivity contribution in [3.8, 4) is 5.69 Å². The molecule has 0 bridgehead atoms. The van der Waals surface area contributed by atoms with Gasteiger partial charge in [0.15, 0.2) is 0 Å². The van der Waals surface area contributed by atoms with Crippen molar-refractivity contribution in [3.05, 3.63) is 108 Å². The molecular formula is C25H18FN3O2. The number of imide groups is 1. The van der Waals surface area contributed by atoms with E-state index in [1.807, 2.05) is 53.2 Å². The average molecular weight is 411 g/mol. The fourth-order valence-electron chi connectivity index (χ4n) is 3.73. The first-order valence-electron chi connectivity index (χ1n) is 9.85. The maximum absolute atomic E-state index is 14.0. The Labute approximate surface area is 178 Å². The molecule has 1 aliphatic rings. The van der Waals surface area contributed by atoms with E-state index in [4.69, 9.17) is 0 Å². The van der Waals surface area contributed by atoms with Crippen molar-refractivity contribution in [2.75, 3.05) is 0 Å². The molecule has 0 spiro atoms. The summed E-state index contributed by atoms with van der Waals surface area (Å²) >= 11 is 0. The Morgan fingerprint density at radius 3 is 2.48 bits per heavy atom. The molecule has 1 aliphatic heterocycles. The number of fused-ring (bicyclic) bond motifs is 1. The van der Waals surface area contributed by atoms with Gasteiger partial charge in [-0.2, -0.15) is 0 Å². The molecule has 5 nitrogen and oxygen atoms in total. The summed E-state index contributed by atoms with van der Waals surface area (Å²) in [5, 5.41) is 4.85. The summed E-state index contributed by atoms with van der Waals surface area (Å²) in [5.74, 6) is -0.940. The number of carbonyl (C=O) groups excluding carboxylic acids is 2. The van der Waals surface area contributed by atoms with Gasteiger partial charge in [-0.15, -0.1) is 0 Å². The first-order chi connectivity index (χ1) is 15.1. The van der Waals surface area contributed by atoms with Gasteiger partial charge in [0.1, 0.15) is 11.5 Å². The SMILES string of the molecule is O=C1N/C(=C\c2cccn2-c2ccc3ccccc3c2)C(=O)N1Cc1ccccc1F. The Bertz CT molecular complexity index is 1360. The van der Waals surface area contributed by atoms with Gasteiger partial charge in [-0.3, -0.25) is 9.69 Å². The van der Waals surface area contributed by atoms with E-state index in [-0.39, 0.29) is 17.8 Å². The van der Waals surface area contributed by atoms with Crippen LogP contribution in [0.1, 0.15) is 11.3 Å². The quantitative estimate of drug-likeness (QED) is 0.385. The predicted octanol–water partition coefficient (Wildman–Crippen LogP) is 4.86. The third-order valence-corrected chi connectivity index (χ3v) is 5.33. The minimum Gasteiger partial charge on any atom is -0.317 e. The molecule has 1 N–H and O–H groups in total. The second-order valence-corrected chi connectivity index (χ2v) is 7.31. The summed E-state index contributed by atoms with van der Waals surface area (Å²) in [5.41, 5.74) is 2.12. The van der Waals surface area contributed by atoms with Gasteiger partial charge in [0.05, 0.1) is 6.54 Å². The van der Waals surface area contributed by atoms with Crippen LogP contribution in [0, 0.1) is 5.82 Å². The lowest BCUT2D eigenvalue weighted by Crippen LogP contribution is -2.30. The zero-order chi connectivity index (χ0) is 21.4. The van der Waals surface area contributed by atoms with Crippen LogP contribution >= 0.6 is 0 Å². The van der Waals surface area contributed by atoms with Crippen LogP contribution in [-0.4, -0.2) is 21.4 Å². The fourth-order valence-corrected chi connectivity index (χ4v) is 3.73. The summed E-state index contributed by atoms with van der Waals surface area (Å²) in [6, 6.07) is 23.5. The number of urea groups is 1. The fraction of sp³-hybridized carbons (Fsp3) is 0.0400. The zero-order valence-corrected chi connectivity index (χ0v) is 16.5. The molecule has 6 heteroatoms. The summed E-state index contributed by atoms with van der Waals surface area (Å²) in [6.07, 6.45) is 3.53. The second-order valence-electron chi connectivity index (χ2n) is 7.31. The molecule has 0 saturated carbocycles. The van der Waals surface area contributed by atoms with Crippen molar-refractivity contribution < 1.29 is 14.0 Å². The van der Waals surface area contributed by atoms with E-state index < -0.39 is 17.8 Å². The monoisotopic (exact) mass is 411 g/mol. The summed E-state index contributed by atoms with van der Waals surface area (Å²) in [4.78, 5) is 26.2. The number of aromatic nitrogens is 1. The molecule has 3 aromatic carbocycles. The highest BCUT2D eigenvalue weighted by Gasteiger charge is 2.34. The molecule has 1 saturated heterocycles. The molecule has 1 aromatic heterocycles. The van der Waals surface area contributed by atoms with Crippen molar-refractivity contribution in [3.63, 3.8) is 0 Å². The van der Waals surface area contributed by atoms with Crippen LogP contribution in [0.3, 0.4) is 0 Å². The third-order valence-electron chi connectivity index (χ3n) is 5.33. The van der Waals surface area contributed by atoms with Gasteiger partial charge in [0.2, 0.25) is 0 Å². The predicted molar refractivity (Wildman–Crippen MR) is 117 cm³/mol. The largest absolute Gasteiger partial charge is 0.329 e. The molecule has 31 heavy (non-hydrogen) atoms. The molecule has 4 aromatic rings. The lowest BCUT2D eigenvalue weighted by atomic mass is 10.1. The number of nitrogens with one attached hydrogen (secondary N) is 1. The summed E-state index contributed by atoms with van der Waals surface area (Å²) in [7, 11) is 0. The smallest absolute Gasteiger partial charge is 0.317 e.